The molecule has 2 atom stereocenters. The first-order valence-corrected chi connectivity index (χ1v) is 16.3. The lowest BCUT2D eigenvalue weighted by molar-refractivity contribution is 0.0780. The number of halogens is 2. The first-order valence-electron chi connectivity index (χ1n) is 14.8. The normalized spacial score (nSPS) is 17.6. The molecule has 0 saturated carbocycles. The molecule has 218 valence electrons. The number of aryl methyl sites for hydroxylation is 1. The second kappa shape index (κ2) is 13.4. The maximum Gasteiger partial charge on any atom is 0.253 e. The Balaban J connectivity index is 1.26. The van der Waals surface area contributed by atoms with Gasteiger partial charge < -0.3 is 9.80 Å². The van der Waals surface area contributed by atoms with Gasteiger partial charge in [0, 0.05) is 36.2 Å². The van der Waals surface area contributed by atoms with E-state index in [4.69, 9.17) is 0 Å². The van der Waals surface area contributed by atoms with Gasteiger partial charge in [0.1, 0.15) is 0 Å². The molecule has 1 fully saturated rings. The molecule has 0 N–H and O–H groups in total. The van der Waals surface area contributed by atoms with E-state index in [9.17, 15) is 17.8 Å². The van der Waals surface area contributed by atoms with Gasteiger partial charge in [0.2, 0.25) is 0 Å². The van der Waals surface area contributed by atoms with Gasteiger partial charge in [0.05, 0.1) is 10.8 Å². The van der Waals surface area contributed by atoms with Crippen molar-refractivity contribution in [1.29, 1.82) is 0 Å². The van der Waals surface area contributed by atoms with Crippen LogP contribution >= 0.6 is 0 Å². The van der Waals surface area contributed by atoms with E-state index in [1.165, 1.54) is 23.3 Å². The highest BCUT2D eigenvalue weighted by molar-refractivity contribution is 7.84. The predicted molar refractivity (Wildman–Crippen MR) is 161 cm³/mol. The molecular weight excluding hydrogens is 538 g/mol. The van der Waals surface area contributed by atoms with Crippen LogP contribution in [0.3, 0.4) is 0 Å². The summed E-state index contributed by atoms with van der Waals surface area (Å²) in [5.74, 6) is -1.47. The highest BCUT2D eigenvalue weighted by Crippen LogP contribution is 2.33. The Bertz CT molecular complexity index is 1400. The van der Waals surface area contributed by atoms with E-state index in [0.29, 0.717) is 18.0 Å². The summed E-state index contributed by atoms with van der Waals surface area (Å²) in [6.45, 7) is 3.08. The Kier molecular flexibility index (Phi) is 9.66. The summed E-state index contributed by atoms with van der Waals surface area (Å²) in [7, 11) is 0.804. The Hall–Kier alpha value is -2.90. The minimum atomic E-state index is -1.01. The lowest BCUT2D eigenvalue weighted by atomic mass is 9.87. The van der Waals surface area contributed by atoms with E-state index in [1.807, 2.05) is 37.4 Å². The number of likely N-dealkylation sites (tertiary alicyclic amines) is 1. The summed E-state index contributed by atoms with van der Waals surface area (Å²) in [4.78, 5) is 18.7. The molecule has 3 aromatic carbocycles. The van der Waals surface area contributed by atoms with Crippen LogP contribution in [0.5, 0.6) is 0 Å². The SMILES string of the molecule is CN(CC(CCN1CCC(c2ccccc2[S@](C)=O)CC1)c1ccc(F)c(F)c1)C(=O)c1cccc2c1CCCC2. The molecule has 7 heteroatoms. The third kappa shape index (κ3) is 6.95. The van der Waals surface area contributed by atoms with E-state index in [-0.39, 0.29) is 11.8 Å². The van der Waals surface area contributed by atoms with Crippen molar-refractivity contribution in [2.75, 3.05) is 39.5 Å². The van der Waals surface area contributed by atoms with Crippen molar-refractivity contribution in [1.82, 2.24) is 9.80 Å². The number of piperidine rings is 1. The summed E-state index contributed by atoms with van der Waals surface area (Å²) in [5.41, 5.74) is 5.10. The summed E-state index contributed by atoms with van der Waals surface area (Å²) in [5, 5.41) is 0. The number of carbonyl (C=O) groups excluding carboxylic acids is 1. The van der Waals surface area contributed by atoms with Crippen LogP contribution in [0.1, 0.15) is 76.6 Å². The molecule has 1 unspecified atom stereocenters. The fourth-order valence-corrected chi connectivity index (χ4v) is 7.45. The molecule has 4 nitrogen and oxygen atoms in total. The van der Waals surface area contributed by atoms with Crippen LogP contribution in [0, 0.1) is 11.6 Å². The monoisotopic (exact) mass is 578 g/mol. The van der Waals surface area contributed by atoms with Crippen LogP contribution in [0.15, 0.2) is 65.6 Å². The molecule has 0 aromatic heterocycles. The van der Waals surface area contributed by atoms with E-state index in [1.54, 1.807) is 17.2 Å². The maximum absolute atomic E-state index is 14.3. The van der Waals surface area contributed by atoms with Crippen LogP contribution in [-0.2, 0) is 23.6 Å². The maximum atomic E-state index is 14.3. The van der Waals surface area contributed by atoms with Gasteiger partial charge in [0.15, 0.2) is 11.6 Å². The lowest BCUT2D eigenvalue weighted by Gasteiger charge is -2.34. The third-order valence-electron chi connectivity index (χ3n) is 8.93. The van der Waals surface area contributed by atoms with Crippen molar-refractivity contribution in [3.05, 3.63) is 100 Å². The Morgan fingerprint density at radius 3 is 2.51 bits per heavy atom. The molecule has 1 aliphatic heterocycles. The van der Waals surface area contributed by atoms with Crippen LogP contribution in [0.4, 0.5) is 8.78 Å². The highest BCUT2D eigenvalue weighted by atomic mass is 32.2. The van der Waals surface area contributed by atoms with Gasteiger partial charge in [-0.25, -0.2) is 8.78 Å². The van der Waals surface area contributed by atoms with Gasteiger partial charge in [-0.15, -0.1) is 0 Å². The Morgan fingerprint density at radius 1 is 1.00 bits per heavy atom. The van der Waals surface area contributed by atoms with Crippen molar-refractivity contribution in [3.63, 3.8) is 0 Å². The van der Waals surface area contributed by atoms with Crippen LogP contribution in [-0.4, -0.2) is 59.4 Å². The first-order chi connectivity index (χ1) is 19.8. The van der Waals surface area contributed by atoms with Crippen molar-refractivity contribution in [3.8, 4) is 0 Å². The van der Waals surface area contributed by atoms with E-state index in [0.717, 1.165) is 80.6 Å². The Labute approximate surface area is 245 Å². The average molecular weight is 579 g/mol. The predicted octanol–water partition coefficient (Wildman–Crippen LogP) is 6.71. The minimum Gasteiger partial charge on any atom is -0.341 e. The molecule has 41 heavy (non-hydrogen) atoms. The zero-order chi connectivity index (χ0) is 28.9. The third-order valence-corrected chi connectivity index (χ3v) is 9.92. The fourth-order valence-electron chi connectivity index (χ4n) is 6.62. The van der Waals surface area contributed by atoms with Crippen molar-refractivity contribution < 1.29 is 17.8 Å². The molecule has 0 bridgehead atoms. The fraction of sp³-hybridized carbons (Fsp3) is 0.441. The molecule has 1 heterocycles. The molecule has 1 amide bonds. The largest absolute Gasteiger partial charge is 0.341 e. The summed E-state index contributed by atoms with van der Waals surface area (Å²) >= 11 is 0. The topological polar surface area (TPSA) is 40.6 Å². The highest BCUT2D eigenvalue weighted by Gasteiger charge is 2.26. The molecule has 0 radical (unpaired) electrons. The average Bonchev–Trinajstić information content (AvgIpc) is 3.00. The van der Waals surface area contributed by atoms with Gasteiger partial charge >= 0.3 is 0 Å². The zero-order valence-corrected chi connectivity index (χ0v) is 24.9. The molecule has 3 aromatic rings. The number of carbonyl (C=O) groups is 1. The minimum absolute atomic E-state index is 0.0101. The molecule has 5 rings (SSSR count). The molecule has 1 saturated heterocycles. The number of nitrogens with zero attached hydrogens (tertiary/aromatic N) is 2. The first kappa shape index (κ1) is 29.6. The second-order valence-electron chi connectivity index (χ2n) is 11.6. The van der Waals surface area contributed by atoms with Gasteiger partial charge in [-0.2, -0.15) is 0 Å². The van der Waals surface area contributed by atoms with Gasteiger partial charge in [-0.05, 0) is 117 Å². The number of likely N-dealkylation sites (N-methyl/N-ethyl adjacent to an activating group) is 1. The number of fused-ring (bicyclic) bond motifs is 1. The number of hydrogen-bond donors (Lipinski definition) is 0. The summed E-state index contributed by atoms with van der Waals surface area (Å²) in [6.07, 6.45) is 8.62. The Morgan fingerprint density at radius 2 is 1.76 bits per heavy atom. The van der Waals surface area contributed by atoms with Crippen LogP contribution < -0.4 is 0 Å². The van der Waals surface area contributed by atoms with E-state index >= 15 is 0 Å². The molecule has 1 aliphatic carbocycles. The van der Waals surface area contributed by atoms with Crippen molar-refractivity contribution >= 4 is 16.7 Å². The van der Waals surface area contributed by atoms with E-state index in [2.05, 4.69) is 17.0 Å². The molecular formula is C34H40F2N2O2S. The zero-order valence-electron chi connectivity index (χ0n) is 24.1. The molecule has 0 spiro atoms. The quantitative estimate of drug-likeness (QED) is 0.284. The van der Waals surface area contributed by atoms with Gasteiger partial charge in [-0.1, -0.05) is 36.4 Å². The summed E-state index contributed by atoms with van der Waals surface area (Å²) < 4.78 is 40.3. The molecule has 2 aliphatic rings. The standard InChI is InChI=1S/C34H40F2N2O2S/c1-37(34(39)30-12-7-9-24-8-3-4-10-28(24)30)23-27(26-14-15-31(35)32(36)22-26)18-21-38-19-16-25(17-20-38)29-11-5-6-13-33(29)41(2)40/h5-7,9,11-15,22,25,27H,3-4,8,10,16-21,23H2,1-2H3/t27?,41-/m0/s1. The number of amides is 1. The van der Waals surface area contributed by atoms with Gasteiger partial charge in [0.25, 0.3) is 5.91 Å². The number of benzene rings is 3. The van der Waals surface area contributed by atoms with Crippen molar-refractivity contribution in [2.45, 2.75) is 61.7 Å². The van der Waals surface area contributed by atoms with Crippen LogP contribution in [0.25, 0.3) is 0 Å². The smallest absolute Gasteiger partial charge is 0.253 e. The van der Waals surface area contributed by atoms with Crippen LogP contribution in [0.2, 0.25) is 0 Å². The lowest BCUT2D eigenvalue weighted by Crippen LogP contribution is -2.36. The summed E-state index contributed by atoms with van der Waals surface area (Å²) in [6, 6.07) is 18.2. The van der Waals surface area contributed by atoms with Gasteiger partial charge in [-0.3, -0.25) is 9.00 Å². The van der Waals surface area contributed by atoms with Crippen molar-refractivity contribution in [2.24, 2.45) is 0 Å². The second-order valence-corrected chi connectivity index (χ2v) is 13.0. The van der Waals surface area contributed by atoms with E-state index < -0.39 is 22.4 Å². The number of rotatable bonds is 9. The number of hydrogen-bond acceptors (Lipinski definition) is 3.